The number of fused-ring (bicyclic) bond motifs is 4. The Kier molecular flexibility index (Phi) is 6.56. The number of amides is 1. The minimum absolute atomic E-state index is 0.0948. The number of hydrogen-bond donors (Lipinski definition) is 1. The van der Waals surface area contributed by atoms with E-state index in [-0.39, 0.29) is 17.2 Å². The van der Waals surface area contributed by atoms with Gasteiger partial charge in [0.05, 0.1) is 27.0 Å². The molecule has 0 spiro atoms. The second-order valence-electron chi connectivity index (χ2n) is 9.14. The highest BCUT2D eigenvalue weighted by atomic mass is 35.5. The number of anilines is 1. The molecule has 3 aromatic heterocycles. The Morgan fingerprint density at radius 1 is 1.14 bits per heavy atom. The standard InChI is InChI=1S/C27H23ClN4O2S3/c1-14-10-11-18-21(12-14)37-26(29-18)30-22(33)13-35-27-31-24-23(16-6-3-4-9-20(16)36-24)25(34)32(27)19-8-5-7-17(28)15(19)2/h5,7-8,10-12H,3-4,6,9,13H2,1-2H3,(H,29,30,33). The van der Waals surface area contributed by atoms with Crippen molar-refractivity contribution in [3.8, 4) is 5.69 Å². The van der Waals surface area contributed by atoms with Gasteiger partial charge in [-0.1, -0.05) is 46.8 Å². The lowest BCUT2D eigenvalue weighted by Gasteiger charge is -2.15. The molecule has 1 aliphatic rings. The van der Waals surface area contributed by atoms with E-state index in [0.717, 1.165) is 57.4 Å². The fourth-order valence-electron chi connectivity index (χ4n) is 4.70. The van der Waals surface area contributed by atoms with Gasteiger partial charge in [-0.3, -0.25) is 14.2 Å². The molecule has 188 valence electrons. The van der Waals surface area contributed by atoms with Crippen LogP contribution in [0.3, 0.4) is 0 Å². The van der Waals surface area contributed by atoms with Crippen molar-refractivity contribution in [2.75, 3.05) is 11.1 Å². The number of nitrogens with zero attached hydrogens (tertiary/aromatic N) is 3. The molecule has 0 atom stereocenters. The van der Waals surface area contributed by atoms with Crippen molar-refractivity contribution < 1.29 is 4.79 Å². The molecule has 0 bridgehead atoms. The molecule has 0 saturated carbocycles. The first kappa shape index (κ1) is 24.6. The summed E-state index contributed by atoms with van der Waals surface area (Å²) < 4.78 is 2.66. The number of benzene rings is 2. The van der Waals surface area contributed by atoms with Crippen LogP contribution in [0.4, 0.5) is 5.13 Å². The number of rotatable bonds is 5. The molecule has 0 radical (unpaired) electrons. The third kappa shape index (κ3) is 4.58. The van der Waals surface area contributed by atoms with Crippen molar-refractivity contribution in [2.24, 2.45) is 0 Å². The largest absolute Gasteiger partial charge is 0.301 e. The van der Waals surface area contributed by atoms with Crippen LogP contribution in [-0.2, 0) is 17.6 Å². The first-order valence-corrected chi connectivity index (χ1v) is 15.0. The van der Waals surface area contributed by atoms with Gasteiger partial charge in [0, 0.05) is 9.90 Å². The maximum absolute atomic E-state index is 14.0. The summed E-state index contributed by atoms with van der Waals surface area (Å²) >= 11 is 10.7. The quantitative estimate of drug-likeness (QED) is 0.184. The molecule has 0 saturated heterocycles. The molecule has 37 heavy (non-hydrogen) atoms. The number of thiazole rings is 1. The van der Waals surface area contributed by atoms with Gasteiger partial charge >= 0.3 is 0 Å². The number of carbonyl (C=O) groups is 1. The number of carbonyl (C=O) groups excluding carboxylic acids is 1. The predicted octanol–water partition coefficient (Wildman–Crippen LogP) is 6.94. The highest BCUT2D eigenvalue weighted by Crippen LogP contribution is 2.36. The molecule has 1 N–H and O–H groups in total. The van der Waals surface area contributed by atoms with E-state index in [2.05, 4.69) is 16.4 Å². The summed E-state index contributed by atoms with van der Waals surface area (Å²) in [5.41, 5.74) is 4.53. The zero-order valence-electron chi connectivity index (χ0n) is 20.3. The van der Waals surface area contributed by atoms with Crippen LogP contribution in [0, 0.1) is 13.8 Å². The molecule has 6 rings (SSSR count). The second kappa shape index (κ2) is 9.87. The maximum Gasteiger partial charge on any atom is 0.267 e. The van der Waals surface area contributed by atoms with Crippen molar-refractivity contribution in [2.45, 2.75) is 44.7 Å². The number of aryl methyl sites for hydroxylation is 3. The Hall–Kier alpha value is -2.72. The monoisotopic (exact) mass is 566 g/mol. The predicted molar refractivity (Wildman–Crippen MR) is 155 cm³/mol. The van der Waals surface area contributed by atoms with E-state index in [4.69, 9.17) is 16.6 Å². The van der Waals surface area contributed by atoms with Crippen LogP contribution in [0.5, 0.6) is 0 Å². The Balaban J connectivity index is 1.36. The van der Waals surface area contributed by atoms with Crippen molar-refractivity contribution in [3.63, 3.8) is 0 Å². The van der Waals surface area contributed by atoms with E-state index in [1.54, 1.807) is 15.9 Å². The van der Waals surface area contributed by atoms with Gasteiger partial charge in [-0.05, 0) is 80.5 Å². The molecule has 6 nitrogen and oxygen atoms in total. The van der Waals surface area contributed by atoms with Crippen molar-refractivity contribution >= 4 is 77.5 Å². The van der Waals surface area contributed by atoms with Crippen LogP contribution < -0.4 is 10.9 Å². The zero-order valence-corrected chi connectivity index (χ0v) is 23.5. The SMILES string of the molecule is Cc1ccc2nc(NC(=O)CSc3nc4sc5c(c4c(=O)n3-c3cccc(Cl)c3C)CCCC5)sc2c1. The first-order valence-electron chi connectivity index (χ1n) is 12.0. The van der Waals surface area contributed by atoms with Gasteiger partial charge in [0.2, 0.25) is 5.91 Å². The Bertz CT molecular complexity index is 1750. The van der Waals surface area contributed by atoms with E-state index in [1.165, 1.54) is 28.0 Å². The number of thiophene rings is 1. The molecular formula is C27H23ClN4O2S3. The van der Waals surface area contributed by atoms with Gasteiger partial charge in [-0.2, -0.15) is 0 Å². The van der Waals surface area contributed by atoms with Crippen LogP contribution >= 0.6 is 46.0 Å². The van der Waals surface area contributed by atoms with Crippen molar-refractivity contribution in [1.29, 1.82) is 0 Å². The fraction of sp³-hybridized carbons (Fsp3) is 0.259. The molecule has 3 heterocycles. The molecule has 0 unspecified atom stereocenters. The number of hydrogen-bond acceptors (Lipinski definition) is 7. The van der Waals surface area contributed by atoms with Crippen LogP contribution in [0.25, 0.3) is 26.1 Å². The normalized spacial score (nSPS) is 13.3. The van der Waals surface area contributed by atoms with Gasteiger partial charge in [-0.25, -0.2) is 9.97 Å². The summed E-state index contributed by atoms with van der Waals surface area (Å²) in [6.07, 6.45) is 4.10. The number of thioether (sulfide) groups is 1. The van der Waals surface area contributed by atoms with Gasteiger partial charge in [-0.15, -0.1) is 11.3 Å². The number of aromatic nitrogens is 3. The smallest absolute Gasteiger partial charge is 0.267 e. The van der Waals surface area contributed by atoms with Crippen molar-refractivity contribution in [1.82, 2.24) is 14.5 Å². The molecule has 1 amide bonds. The average molecular weight is 567 g/mol. The molecule has 5 aromatic rings. The number of halogens is 1. The second-order valence-corrected chi connectivity index (χ2v) is 12.6. The highest BCUT2D eigenvalue weighted by molar-refractivity contribution is 7.99. The molecule has 0 aliphatic heterocycles. The molecule has 1 aliphatic carbocycles. The third-order valence-corrected chi connectivity index (χ3v) is 10.0. The average Bonchev–Trinajstić information content (AvgIpc) is 3.45. The van der Waals surface area contributed by atoms with E-state index < -0.39 is 0 Å². The number of nitrogens with one attached hydrogen (secondary N) is 1. The van der Waals surface area contributed by atoms with Gasteiger partial charge < -0.3 is 5.32 Å². The summed E-state index contributed by atoms with van der Waals surface area (Å²) in [5.74, 6) is -0.104. The fourth-order valence-corrected chi connectivity index (χ4v) is 7.96. The lowest BCUT2D eigenvalue weighted by atomic mass is 9.97. The van der Waals surface area contributed by atoms with Crippen LogP contribution in [0.15, 0.2) is 46.3 Å². The highest BCUT2D eigenvalue weighted by Gasteiger charge is 2.24. The Morgan fingerprint density at radius 2 is 1.97 bits per heavy atom. The van der Waals surface area contributed by atoms with Crippen molar-refractivity contribution in [3.05, 3.63) is 73.3 Å². The zero-order chi connectivity index (χ0) is 25.7. The Morgan fingerprint density at radius 3 is 2.84 bits per heavy atom. The van der Waals surface area contributed by atoms with E-state index in [9.17, 15) is 9.59 Å². The van der Waals surface area contributed by atoms with E-state index in [1.807, 2.05) is 44.2 Å². The lowest BCUT2D eigenvalue weighted by Crippen LogP contribution is -2.24. The molecule has 10 heteroatoms. The van der Waals surface area contributed by atoms with Crippen LogP contribution in [0.1, 0.15) is 34.4 Å². The molecular weight excluding hydrogens is 544 g/mol. The first-order chi connectivity index (χ1) is 17.9. The molecule has 0 fully saturated rings. The van der Waals surface area contributed by atoms with Gasteiger partial charge in [0.25, 0.3) is 5.56 Å². The Labute approximate surface area is 230 Å². The minimum Gasteiger partial charge on any atom is -0.301 e. The molecule has 2 aromatic carbocycles. The maximum atomic E-state index is 14.0. The lowest BCUT2D eigenvalue weighted by molar-refractivity contribution is -0.113. The third-order valence-electron chi connectivity index (χ3n) is 6.56. The van der Waals surface area contributed by atoms with Crippen LogP contribution in [-0.4, -0.2) is 26.2 Å². The summed E-state index contributed by atoms with van der Waals surface area (Å²) in [6.45, 7) is 3.93. The summed E-state index contributed by atoms with van der Waals surface area (Å²) in [5, 5.41) is 5.23. The van der Waals surface area contributed by atoms with Gasteiger partial charge in [0.1, 0.15) is 4.83 Å². The summed E-state index contributed by atoms with van der Waals surface area (Å²) in [6, 6.07) is 11.5. The van der Waals surface area contributed by atoms with E-state index in [0.29, 0.717) is 26.4 Å². The topological polar surface area (TPSA) is 76.9 Å². The summed E-state index contributed by atoms with van der Waals surface area (Å²) in [4.78, 5) is 38.3. The van der Waals surface area contributed by atoms with Gasteiger partial charge in [0.15, 0.2) is 10.3 Å². The van der Waals surface area contributed by atoms with Crippen LogP contribution in [0.2, 0.25) is 5.02 Å². The minimum atomic E-state index is -0.199. The summed E-state index contributed by atoms with van der Waals surface area (Å²) in [7, 11) is 0. The van der Waals surface area contributed by atoms with E-state index >= 15 is 0 Å².